The Bertz CT molecular complexity index is 838. The second-order valence-electron chi connectivity index (χ2n) is 10.5. The van der Waals surface area contributed by atoms with Gasteiger partial charge in [0.05, 0.1) is 11.9 Å². The standard InChI is InChI=1S/C26H36N2OS/c1-19-14-23(16-26(5,6)15-19)29-24(28-22-8-7-13-27-17-22)30-18-20-9-11-21(12-10-20)25(2,3)4/h7-13,17,19,23H,14-16,18H2,1-6H3. The molecule has 0 N–H and O–H groups in total. The molecule has 0 amide bonds. The van der Waals surface area contributed by atoms with Crippen molar-refractivity contribution in [2.45, 2.75) is 78.1 Å². The number of hydrogen-bond donors (Lipinski definition) is 0. The maximum Gasteiger partial charge on any atom is 0.251 e. The maximum absolute atomic E-state index is 6.49. The lowest BCUT2D eigenvalue weighted by molar-refractivity contribution is 0.0515. The topological polar surface area (TPSA) is 34.5 Å². The predicted molar refractivity (Wildman–Crippen MR) is 129 cm³/mol. The molecule has 1 heterocycles. The van der Waals surface area contributed by atoms with E-state index in [2.05, 4.69) is 70.8 Å². The van der Waals surface area contributed by atoms with Crippen molar-refractivity contribution in [1.29, 1.82) is 0 Å². The fourth-order valence-corrected chi connectivity index (χ4v) is 5.21. The third kappa shape index (κ3) is 6.87. The van der Waals surface area contributed by atoms with Crippen LogP contribution in [-0.4, -0.2) is 16.3 Å². The largest absolute Gasteiger partial charge is 0.469 e. The van der Waals surface area contributed by atoms with Gasteiger partial charge in [0.1, 0.15) is 6.10 Å². The normalized spacial score (nSPS) is 22.0. The first-order valence-corrected chi connectivity index (χ1v) is 12.0. The van der Waals surface area contributed by atoms with Gasteiger partial charge in [0.15, 0.2) is 0 Å². The Morgan fingerprint density at radius 3 is 2.50 bits per heavy atom. The average molecular weight is 425 g/mol. The van der Waals surface area contributed by atoms with Crippen molar-refractivity contribution >= 4 is 22.7 Å². The van der Waals surface area contributed by atoms with Gasteiger partial charge in [-0.05, 0) is 59.3 Å². The molecule has 2 unspecified atom stereocenters. The molecule has 1 saturated carbocycles. The monoisotopic (exact) mass is 424 g/mol. The molecule has 0 bridgehead atoms. The molecule has 0 saturated heterocycles. The summed E-state index contributed by atoms with van der Waals surface area (Å²) in [6.07, 6.45) is 7.20. The molecule has 1 aromatic heterocycles. The van der Waals surface area contributed by atoms with Crippen LogP contribution < -0.4 is 0 Å². The zero-order chi connectivity index (χ0) is 21.8. The van der Waals surface area contributed by atoms with E-state index in [-0.39, 0.29) is 11.5 Å². The number of benzene rings is 1. The Balaban J connectivity index is 1.73. The second kappa shape index (κ2) is 9.55. The summed E-state index contributed by atoms with van der Waals surface area (Å²) >= 11 is 1.68. The van der Waals surface area contributed by atoms with E-state index in [1.807, 2.05) is 12.1 Å². The molecule has 1 fully saturated rings. The van der Waals surface area contributed by atoms with Crippen LogP contribution in [0.3, 0.4) is 0 Å². The van der Waals surface area contributed by atoms with E-state index >= 15 is 0 Å². The van der Waals surface area contributed by atoms with Crippen LogP contribution in [0, 0.1) is 11.3 Å². The molecule has 0 radical (unpaired) electrons. The Hall–Kier alpha value is -1.81. The maximum atomic E-state index is 6.49. The Morgan fingerprint density at radius 1 is 1.17 bits per heavy atom. The lowest BCUT2D eigenvalue weighted by atomic mass is 9.71. The van der Waals surface area contributed by atoms with Crippen LogP contribution >= 0.6 is 11.8 Å². The fourth-order valence-electron chi connectivity index (χ4n) is 4.35. The van der Waals surface area contributed by atoms with Gasteiger partial charge >= 0.3 is 0 Å². The highest BCUT2D eigenvalue weighted by Gasteiger charge is 2.33. The second-order valence-corrected chi connectivity index (χ2v) is 11.4. The minimum atomic E-state index is 0.173. The van der Waals surface area contributed by atoms with E-state index in [4.69, 9.17) is 9.73 Å². The Morgan fingerprint density at radius 2 is 1.90 bits per heavy atom. The van der Waals surface area contributed by atoms with Gasteiger partial charge in [0.25, 0.3) is 5.23 Å². The lowest BCUT2D eigenvalue weighted by Gasteiger charge is -2.38. The number of aliphatic imine (C=N–C) groups is 1. The predicted octanol–water partition coefficient (Wildman–Crippen LogP) is 7.53. The SMILES string of the molecule is CC1CC(OC(=Nc2cccnc2)SCc2ccc(C(C)(C)C)cc2)CC(C)(C)C1. The number of nitrogens with zero attached hydrogens (tertiary/aromatic N) is 2. The van der Waals surface area contributed by atoms with Crippen molar-refractivity contribution in [3.05, 3.63) is 59.9 Å². The van der Waals surface area contributed by atoms with Crippen LogP contribution in [0.5, 0.6) is 0 Å². The molecule has 0 aliphatic heterocycles. The molecule has 1 aliphatic carbocycles. The molecule has 3 rings (SSSR count). The summed E-state index contributed by atoms with van der Waals surface area (Å²) in [7, 11) is 0. The third-order valence-corrected chi connectivity index (χ3v) is 6.57. The van der Waals surface area contributed by atoms with Gasteiger partial charge in [-0.3, -0.25) is 4.98 Å². The van der Waals surface area contributed by atoms with Crippen LogP contribution in [0.1, 0.15) is 71.9 Å². The number of hydrogen-bond acceptors (Lipinski definition) is 4. The lowest BCUT2D eigenvalue weighted by Crippen LogP contribution is -2.33. The first-order chi connectivity index (χ1) is 14.1. The van der Waals surface area contributed by atoms with Gasteiger partial charge in [-0.15, -0.1) is 0 Å². The van der Waals surface area contributed by atoms with Crippen molar-refractivity contribution in [3.63, 3.8) is 0 Å². The smallest absolute Gasteiger partial charge is 0.251 e. The molecule has 2 atom stereocenters. The summed E-state index contributed by atoms with van der Waals surface area (Å²) < 4.78 is 6.49. The minimum absolute atomic E-state index is 0.173. The summed E-state index contributed by atoms with van der Waals surface area (Å²) in [4.78, 5) is 8.99. The molecule has 1 aromatic carbocycles. The van der Waals surface area contributed by atoms with E-state index in [0.29, 0.717) is 11.3 Å². The number of pyridine rings is 1. The highest BCUT2D eigenvalue weighted by Crippen LogP contribution is 2.40. The molecular formula is C26H36N2OS. The van der Waals surface area contributed by atoms with Gasteiger partial charge in [0.2, 0.25) is 0 Å². The van der Waals surface area contributed by atoms with Crippen LogP contribution in [0.2, 0.25) is 0 Å². The van der Waals surface area contributed by atoms with Crippen molar-refractivity contribution < 1.29 is 4.74 Å². The number of aromatic nitrogens is 1. The van der Waals surface area contributed by atoms with Gasteiger partial charge in [0, 0.05) is 11.9 Å². The molecular weight excluding hydrogens is 388 g/mol. The van der Waals surface area contributed by atoms with Gasteiger partial charge < -0.3 is 4.74 Å². The molecule has 0 spiro atoms. The minimum Gasteiger partial charge on any atom is -0.469 e. The summed E-state index contributed by atoms with van der Waals surface area (Å²) in [5, 5.41) is 0.748. The van der Waals surface area contributed by atoms with E-state index in [1.165, 1.54) is 17.5 Å². The first kappa shape index (κ1) is 22.9. The van der Waals surface area contributed by atoms with Crippen molar-refractivity contribution in [1.82, 2.24) is 4.98 Å². The van der Waals surface area contributed by atoms with E-state index in [9.17, 15) is 0 Å². The fraction of sp³-hybridized carbons (Fsp3) is 0.538. The number of rotatable bonds is 4. The molecule has 3 nitrogen and oxygen atoms in total. The van der Waals surface area contributed by atoms with Crippen molar-refractivity contribution in [2.75, 3.05) is 0 Å². The van der Waals surface area contributed by atoms with Crippen LogP contribution in [0.25, 0.3) is 0 Å². The Labute approximate surface area is 186 Å². The molecule has 1 aliphatic rings. The Kier molecular flexibility index (Phi) is 7.28. The van der Waals surface area contributed by atoms with E-state index in [1.54, 1.807) is 24.2 Å². The molecule has 30 heavy (non-hydrogen) atoms. The van der Waals surface area contributed by atoms with Crippen LogP contribution in [0.4, 0.5) is 5.69 Å². The highest BCUT2D eigenvalue weighted by atomic mass is 32.2. The summed E-state index contributed by atoms with van der Waals surface area (Å²) in [5.74, 6) is 1.52. The first-order valence-electron chi connectivity index (χ1n) is 11.0. The highest BCUT2D eigenvalue weighted by molar-refractivity contribution is 8.12. The third-order valence-electron chi connectivity index (χ3n) is 5.66. The average Bonchev–Trinajstić information content (AvgIpc) is 2.65. The molecule has 4 heteroatoms. The number of thioether (sulfide) groups is 1. The summed E-state index contributed by atoms with van der Waals surface area (Å²) in [6.45, 7) is 13.8. The quantitative estimate of drug-likeness (QED) is 0.376. The van der Waals surface area contributed by atoms with Crippen LogP contribution in [-0.2, 0) is 15.9 Å². The molecule has 162 valence electrons. The summed E-state index contributed by atoms with van der Waals surface area (Å²) in [6, 6.07) is 12.8. The van der Waals surface area contributed by atoms with Crippen molar-refractivity contribution in [3.8, 4) is 0 Å². The van der Waals surface area contributed by atoms with Gasteiger partial charge in [-0.2, -0.15) is 0 Å². The number of ether oxygens (including phenoxy) is 1. The van der Waals surface area contributed by atoms with E-state index in [0.717, 1.165) is 29.5 Å². The zero-order valence-electron chi connectivity index (χ0n) is 19.3. The van der Waals surface area contributed by atoms with Crippen molar-refractivity contribution in [2.24, 2.45) is 16.3 Å². The van der Waals surface area contributed by atoms with Gasteiger partial charge in [-0.25, -0.2) is 4.99 Å². The van der Waals surface area contributed by atoms with Gasteiger partial charge in [-0.1, -0.05) is 77.6 Å². The molecule has 2 aromatic rings. The van der Waals surface area contributed by atoms with E-state index < -0.39 is 0 Å². The van der Waals surface area contributed by atoms with Crippen LogP contribution in [0.15, 0.2) is 53.8 Å². The summed E-state index contributed by atoms with van der Waals surface area (Å²) in [5.41, 5.74) is 3.97. The zero-order valence-corrected chi connectivity index (χ0v) is 20.1.